The predicted octanol–water partition coefficient (Wildman–Crippen LogP) is 6.47. The van der Waals surface area contributed by atoms with Crippen LogP contribution in [0.25, 0.3) is 0 Å². The van der Waals surface area contributed by atoms with Crippen molar-refractivity contribution in [1.29, 1.82) is 0 Å². The van der Waals surface area contributed by atoms with Gasteiger partial charge in [-0.2, -0.15) is 0 Å². The van der Waals surface area contributed by atoms with Gasteiger partial charge in [-0.3, -0.25) is 4.79 Å². The summed E-state index contributed by atoms with van der Waals surface area (Å²) in [7, 11) is 0. The van der Waals surface area contributed by atoms with E-state index >= 15 is 0 Å². The molecule has 0 bridgehead atoms. The molecule has 0 unspecified atom stereocenters. The molecule has 4 aromatic rings. The molecule has 0 spiro atoms. The fourth-order valence-electron chi connectivity index (χ4n) is 4.27. The maximum Gasteiger partial charge on any atom is 0.251 e. The second-order valence-electron chi connectivity index (χ2n) is 9.08. The molecule has 6 nitrogen and oxygen atoms in total. The highest BCUT2D eigenvalue weighted by molar-refractivity contribution is 7.98. The van der Waals surface area contributed by atoms with E-state index in [1.165, 1.54) is 23.9 Å². The number of amides is 1. The molecule has 1 N–H and O–H groups in total. The van der Waals surface area contributed by atoms with E-state index in [1.54, 1.807) is 30.3 Å². The largest absolute Gasteiger partial charge is 0.368 e. The number of nitrogens with zero attached hydrogens (tertiary/aromatic N) is 4. The number of carbonyl (C=O) groups is 1. The van der Waals surface area contributed by atoms with Gasteiger partial charge in [-0.15, -0.1) is 0 Å². The summed E-state index contributed by atoms with van der Waals surface area (Å²) in [6, 6.07) is 23.2. The van der Waals surface area contributed by atoms with Gasteiger partial charge in [0.2, 0.25) is 0 Å². The number of hydrogen-bond acceptors (Lipinski definition) is 6. The molecular weight excluding hydrogens is 556 g/mol. The van der Waals surface area contributed by atoms with Crippen LogP contribution in [-0.4, -0.2) is 42.1 Å². The topological polar surface area (TPSA) is 61.4 Å². The lowest BCUT2D eigenvalue weighted by Crippen LogP contribution is -2.46. The minimum Gasteiger partial charge on any atom is -0.368 e. The van der Waals surface area contributed by atoms with Crippen molar-refractivity contribution in [3.8, 4) is 0 Å². The van der Waals surface area contributed by atoms with Crippen molar-refractivity contribution < 1.29 is 9.18 Å². The van der Waals surface area contributed by atoms with Crippen LogP contribution in [-0.2, 0) is 12.3 Å². The van der Waals surface area contributed by atoms with Crippen molar-refractivity contribution in [3.05, 3.63) is 112 Å². The summed E-state index contributed by atoms with van der Waals surface area (Å²) in [4.78, 5) is 26.2. The molecule has 10 heteroatoms. The Morgan fingerprint density at radius 2 is 1.56 bits per heavy atom. The van der Waals surface area contributed by atoms with E-state index in [2.05, 4.69) is 26.2 Å². The molecule has 1 saturated heterocycles. The van der Waals surface area contributed by atoms with Crippen LogP contribution in [0.5, 0.6) is 0 Å². The van der Waals surface area contributed by atoms with Gasteiger partial charge >= 0.3 is 0 Å². The number of nitrogens with one attached hydrogen (secondary N) is 1. The summed E-state index contributed by atoms with van der Waals surface area (Å²) < 4.78 is 13.1. The first kappa shape index (κ1) is 27.2. The molecule has 39 heavy (non-hydrogen) atoms. The quantitative estimate of drug-likeness (QED) is 0.146. The first-order valence-corrected chi connectivity index (χ1v) is 14.2. The predicted molar refractivity (Wildman–Crippen MR) is 156 cm³/mol. The van der Waals surface area contributed by atoms with Gasteiger partial charge < -0.3 is 15.1 Å². The maximum absolute atomic E-state index is 13.1. The standard InChI is InChI=1S/C29H26Cl2FN5OS/c30-23-2-1-3-25(16-23)36-12-14-37(15-13-36)27-17-26(31)34-29(35-27)39-19-21-4-8-22(9-5-21)28(38)33-18-20-6-10-24(32)11-7-20/h1-11,16-17H,12-15,18-19H2,(H,33,38). The fraction of sp³-hybridized carbons (Fsp3) is 0.207. The molecule has 200 valence electrons. The molecule has 1 amide bonds. The van der Waals surface area contributed by atoms with E-state index in [-0.39, 0.29) is 11.7 Å². The van der Waals surface area contributed by atoms with Crippen molar-refractivity contribution in [2.24, 2.45) is 0 Å². The zero-order valence-corrected chi connectivity index (χ0v) is 23.3. The molecular formula is C29H26Cl2FN5OS. The third-order valence-electron chi connectivity index (χ3n) is 6.39. The van der Waals surface area contributed by atoms with E-state index < -0.39 is 0 Å². The fourth-order valence-corrected chi connectivity index (χ4v) is 5.49. The SMILES string of the molecule is O=C(NCc1ccc(F)cc1)c1ccc(CSc2nc(Cl)cc(N3CCN(c4cccc(Cl)c4)CC3)n2)cc1. The highest BCUT2D eigenvalue weighted by Crippen LogP contribution is 2.27. The van der Waals surface area contributed by atoms with Gasteiger partial charge in [0, 0.05) is 60.8 Å². The lowest BCUT2D eigenvalue weighted by atomic mass is 10.1. The van der Waals surface area contributed by atoms with E-state index in [0.717, 1.165) is 53.8 Å². The number of piperazine rings is 1. The van der Waals surface area contributed by atoms with Crippen molar-refractivity contribution >= 4 is 52.4 Å². The molecule has 0 atom stereocenters. The summed E-state index contributed by atoms with van der Waals surface area (Å²) in [6.45, 7) is 3.67. The van der Waals surface area contributed by atoms with Crippen LogP contribution < -0.4 is 15.1 Å². The molecule has 0 saturated carbocycles. The second kappa shape index (κ2) is 12.7. The van der Waals surface area contributed by atoms with E-state index in [0.29, 0.717) is 28.2 Å². The number of hydrogen-bond donors (Lipinski definition) is 1. The van der Waals surface area contributed by atoms with E-state index in [4.69, 9.17) is 28.2 Å². The molecule has 3 aromatic carbocycles. The number of thioether (sulfide) groups is 1. The molecule has 1 aromatic heterocycles. The Bertz CT molecular complexity index is 1430. The molecule has 1 fully saturated rings. The average Bonchev–Trinajstić information content (AvgIpc) is 2.96. The first-order valence-electron chi connectivity index (χ1n) is 12.5. The minimum absolute atomic E-state index is 0.184. The van der Waals surface area contributed by atoms with Gasteiger partial charge in [0.15, 0.2) is 5.16 Å². The zero-order chi connectivity index (χ0) is 27.2. The summed E-state index contributed by atoms with van der Waals surface area (Å²) >= 11 is 14.0. The van der Waals surface area contributed by atoms with Crippen molar-refractivity contribution in [2.75, 3.05) is 36.0 Å². The Hall–Kier alpha value is -3.33. The van der Waals surface area contributed by atoms with Crippen LogP contribution in [0.4, 0.5) is 15.9 Å². The number of halogens is 3. The Morgan fingerprint density at radius 3 is 2.28 bits per heavy atom. The summed E-state index contributed by atoms with van der Waals surface area (Å²) in [5, 5.41) is 4.61. The van der Waals surface area contributed by atoms with E-state index in [1.807, 2.05) is 30.3 Å². The number of carbonyl (C=O) groups excluding carboxylic acids is 1. The van der Waals surface area contributed by atoms with Gasteiger partial charge in [0.25, 0.3) is 5.91 Å². The highest BCUT2D eigenvalue weighted by atomic mass is 35.5. The van der Waals surface area contributed by atoms with Crippen LogP contribution >= 0.6 is 35.0 Å². The number of anilines is 2. The molecule has 1 aliphatic heterocycles. The van der Waals surface area contributed by atoms with Gasteiger partial charge in [-0.25, -0.2) is 14.4 Å². The lowest BCUT2D eigenvalue weighted by molar-refractivity contribution is 0.0951. The van der Waals surface area contributed by atoms with Crippen LogP contribution in [0.15, 0.2) is 84.0 Å². The Kier molecular flexibility index (Phi) is 8.86. The number of benzene rings is 3. The molecule has 2 heterocycles. The number of aromatic nitrogens is 2. The Labute approximate surface area is 241 Å². The van der Waals surface area contributed by atoms with Crippen molar-refractivity contribution in [2.45, 2.75) is 17.5 Å². The summed E-state index contributed by atoms with van der Waals surface area (Å²) in [5.74, 6) is 0.971. The summed E-state index contributed by atoms with van der Waals surface area (Å²) in [6.07, 6.45) is 0. The molecule has 0 radical (unpaired) electrons. The normalized spacial score (nSPS) is 13.4. The zero-order valence-electron chi connectivity index (χ0n) is 21.0. The monoisotopic (exact) mass is 581 g/mol. The molecule has 5 rings (SSSR count). The van der Waals surface area contributed by atoms with Gasteiger partial charge in [0.1, 0.15) is 16.8 Å². The van der Waals surface area contributed by atoms with Crippen molar-refractivity contribution in [3.63, 3.8) is 0 Å². The Morgan fingerprint density at radius 1 is 0.872 bits per heavy atom. The van der Waals surface area contributed by atoms with Crippen LogP contribution in [0, 0.1) is 5.82 Å². The average molecular weight is 583 g/mol. The summed E-state index contributed by atoms with van der Waals surface area (Å²) in [5.41, 5.74) is 3.55. The van der Waals surface area contributed by atoms with E-state index in [9.17, 15) is 9.18 Å². The smallest absolute Gasteiger partial charge is 0.251 e. The lowest BCUT2D eigenvalue weighted by Gasteiger charge is -2.36. The Balaban J connectivity index is 1.14. The van der Waals surface area contributed by atoms with Gasteiger partial charge in [0.05, 0.1) is 0 Å². The van der Waals surface area contributed by atoms with Gasteiger partial charge in [-0.1, -0.05) is 65.3 Å². The number of rotatable bonds is 8. The maximum atomic E-state index is 13.1. The van der Waals surface area contributed by atoms with Crippen molar-refractivity contribution in [1.82, 2.24) is 15.3 Å². The molecule has 1 aliphatic rings. The second-order valence-corrected chi connectivity index (χ2v) is 10.8. The van der Waals surface area contributed by atoms with Crippen LogP contribution in [0.3, 0.4) is 0 Å². The molecule has 0 aliphatic carbocycles. The first-order chi connectivity index (χ1) is 18.9. The van der Waals surface area contributed by atoms with Crippen LogP contribution in [0.2, 0.25) is 10.2 Å². The third kappa shape index (κ3) is 7.41. The third-order valence-corrected chi connectivity index (χ3v) is 7.74. The van der Waals surface area contributed by atoms with Gasteiger partial charge in [-0.05, 0) is 53.6 Å². The van der Waals surface area contributed by atoms with Crippen LogP contribution in [0.1, 0.15) is 21.5 Å². The highest BCUT2D eigenvalue weighted by Gasteiger charge is 2.20. The minimum atomic E-state index is -0.300.